The van der Waals surface area contributed by atoms with Crippen LogP contribution in [-0.2, 0) is 6.61 Å². The number of rotatable bonds is 6. The van der Waals surface area contributed by atoms with Crippen LogP contribution in [0.15, 0.2) is 36.4 Å². The predicted molar refractivity (Wildman–Crippen MR) is 76.9 cm³/mol. The van der Waals surface area contributed by atoms with E-state index in [-0.39, 0.29) is 5.78 Å². The van der Waals surface area contributed by atoms with Crippen LogP contribution in [0.3, 0.4) is 0 Å². The summed E-state index contributed by atoms with van der Waals surface area (Å²) in [6.07, 6.45) is -0.963. The van der Waals surface area contributed by atoms with Gasteiger partial charge in [-0.25, -0.2) is 0 Å². The number of aliphatic hydroxyl groups excluding tert-OH is 1. The molecule has 1 heterocycles. The van der Waals surface area contributed by atoms with Crippen LogP contribution in [0, 0.1) is 0 Å². The Bertz CT molecular complexity index is 572. The number of aliphatic hydroxyl groups is 2. The normalized spacial score (nSPS) is 10.8. The summed E-state index contributed by atoms with van der Waals surface area (Å²) in [5.41, 5.74) is 0.421. The van der Waals surface area contributed by atoms with E-state index in [1.165, 1.54) is 11.3 Å². The van der Waals surface area contributed by atoms with E-state index in [1.807, 2.05) is 19.1 Å². The van der Waals surface area contributed by atoms with Gasteiger partial charge in [-0.15, -0.1) is 11.3 Å². The van der Waals surface area contributed by atoms with Crippen LogP contribution in [0.1, 0.15) is 39.7 Å². The van der Waals surface area contributed by atoms with Gasteiger partial charge in [-0.1, -0.05) is 19.1 Å². The van der Waals surface area contributed by atoms with Gasteiger partial charge in [0.1, 0.15) is 12.4 Å². The molecular weight excluding hydrogens is 276 g/mol. The van der Waals surface area contributed by atoms with Crippen LogP contribution < -0.4 is 4.74 Å². The van der Waals surface area contributed by atoms with Crippen molar-refractivity contribution in [3.63, 3.8) is 0 Å². The minimum Gasteiger partial charge on any atom is -0.488 e. The Hall–Kier alpha value is -1.69. The molecule has 1 aromatic heterocycles. The third kappa shape index (κ3) is 3.66. The van der Waals surface area contributed by atoms with Crippen LogP contribution in [0.25, 0.3) is 0 Å². The third-order valence-electron chi connectivity index (χ3n) is 2.82. The molecule has 0 amide bonds. The minimum atomic E-state index is -1.47. The molecule has 0 bridgehead atoms. The average molecular weight is 292 g/mol. The van der Waals surface area contributed by atoms with E-state index in [4.69, 9.17) is 14.9 Å². The summed E-state index contributed by atoms with van der Waals surface area (Å²) in [5, 5.41) is 18.0. The van der Waals surface area contributed by atoms with E-state index >= 15 is 0 Å². The van der Waals surface area contributed by atoms with Gasteiger partial charge in [-0.3, -0.25) is 4.79 Å². The number of ketones is 1. The summed E-state index contributed by atoms with van der Waals surface area (Å²) in [5.74, 6) is 0.786. The zero-order valence-electron chi connectivity index (χ0n) is 11.1. The molecule has 2 aromatic rings. The summed E-state index contributed by atoms with van der Waals surface area (Å²) in [4.78, 5) is 13.3. The molecule has 0 atom stereocenters. The Balaban J connectivity index is 1.94. The minimum absolute atomic E-state index is 0.141. The summed E-state index contributed by atoms with van der Waals surface area (Å²) < 4.78 is 5.59. The third-order valence-corrected chi connectivity index (χ3v) is 3.92. The molecule has 0 radical (unpaired) electrons. The number of thiophene rings is 1. The highest BCUT2D eigenvalue weighted by Gasteiger charge is 2.07. The quantitative estimate of drug-likeness (QED) is 0.634. The van der Waals surface area contributed by atoms with Gasteiger partial charge in [0.25, 0.3) is 0 Å². The van der Waals surface area contributed by atoms with Crippen molar-refractivity contribution in [1.82, 2.24) is 0 Å². The van der Waals surface area contributed by atoms with Gasteiger partial charge in [0.05, 0.1) is 4.88 Å². The molecule has 0 aliphatic heterocycles. The van der Waals surface area contributed by atoms with E-state index in [1.54, 1.807) is 24.3 Å². The number of hydrogen-bond donors (Lipinski definition) is 2. The lowest BCUT2D eigenvalue weighted by molar-refractivity contribution is -0.0425. The summed E-state index contributed by atoms with van der Waals surface area (Å²) in [6.45, 7) is 2.23. The second-order valence-corrected chi connectivity index (χ2v) is 5.44. The van der Waals surface area contributed by atoms with E-state index in [0.29, 0.717) is 24.3 Å². The van der Waals surface area contributed by atoms with Crippen LogP contribution in [0.5, 0.6) is 5.75 Å². The van der Waals surface area contributed by atoms with Crippen molar-refractivity contribution in [3.8, 4) is 5.75 Å². The highest BCUT2D eigenvalue weighted by Crippen LogP contribution is 2.21. The van der Waals surface area contributed by atoms with Crippen molar-refractivity contribution in [3.05, 3.63) is 51.7 Å². The fraction of sp³-hybridized carbons (Fsp3) is 0.267. The number of carbonyl (C=O) groups excluding carboxylic acids is 1. The smallest absolute Gasteiger partial charge is 0.178 e. The Labute approximate surface area is 121 Å². The standard InChI is InChI=1S/C15H16O4S/c1-2-13(16)14-8-7-12(20-14)9-19-11-5-3-10(4-6-11)15(17)18/h3-8,15,17-18H,2,9H2,1H3. The fourth-order valence-corrected chi connectivity index (χ4v) is 2.60. The zero-order valence-corrected chi connectivity index (χ0v) is 11.9. The van der Waals surface area contributed by atoms with Crippen molar-refractivity contribution in [1.29, 1.82) is 0 Å². The first-order valence-corrected chi connectivity index (χ1v) is 7.12. The first-order valence-electron chi connectivity index (χ1n) is 6.31. The SMILES string of the molecule is CCC(=O)c1ccc(COc2ccc(C(O)O)cc2)s1. The zero-order chi connectivity index (χ0) is 14.5. The molecule has 0 saturated carbocycles. The van der Waals surface area contributed by atoms with Crippen LogP contribution in [0.2, 0.25) is 0 Å². The van der Waals surface area contributed by atoms with E-state index in [2.05, 4.69) is 0 Å². The number of ether oxygens (including phenoxy) is 1. The molecule has 106 valence electrons. The maximum atomic E-state index is 11.5. The van der Waals surface area contributed by atoms with Gasteiger partial charge in [-0.2, -0.15) is 0 Å². The van der Waals surface area contributed by atoms with Gasteiger partial charge in [0, 0.05) is 16.9 Å². The maximum Gasteiger partial charge on any atom is 0.178 e. The topological polar surface area (TPSA) is 66.8 Å². The number of benzene rings is 1. The van der Waals surface area contributed by atoms with Gasteiger partial charge >= 0.3 is 0 Å². The largest absolute Gasteiger partial charge is 0.488 e. The molecular formula is C15H16O4S. The van der Waals surface area contributed by atoms with Crippen LogP contribution >= 0.6 is 11.3 Å². The van der Waals surface area contributed by atoms with Crippen molar-refractivity contribution in [2.75, 3.05) is 0 Å². The van der Waals surface area contributed by atoms with E-state index in [0.717, 1.165) is 9.75 Å². The van der Waals surface area contributed by atoms with Crippen molar-refractivity contribution in [2.24, 2.45) is 0 Å². The van der Waals surface area contributed by atoms with E-state index in [9.17, 15) is 4.79 Å². The molecule has 0 aliphatic rings. The first-order chi connectivity index (χ1) is 9.60. The molecule has 0 unspecified atom stereocenters. The summed E-state index contributed by atoms with van der Waals surface area (Å²) in [7, 11) is 0. The number of Topliss-reactive ketones (excluding diaryl/α,β-unsaturated/α-hetero) is 1. The molecule has 20 heavy (non-hydrogen) atoms. The van der Waals surface area contributed by atoms with Gasteiger partial charge in [-0.05, 0) is 24.3 Å². The molecule has 5 heteroatoms. The van der Waals surface area contributed by atoms with Crippen molar-refractivity contribution >= 4 is 17.1 Å². The monoisotopic (exact) mass is 292 g/mol. The van der Waals surface area contributed by atoms with Gasteiger partial charge < -0.3 is 14.9 Å². The average Bonchev–Trinajstić information content (AvgIpc) is 2.93. The molecule has 2 N–H and O–H groups in total. The summed E-state index contributed by atoms with van der Waals surface area (Å²) in [6, 6.07) is 10.3. The second-order valence-electron chi connectivity index (χ2n) is 4.27. The molecule has 0 saturated heterocycles. The molecule has 2 rings (SSSR count). The van der Waals surface area contributed by atoms with Crippen LogP contribution in [0.4, 0.5) is 0 Å². The predicted octanol–water partition coefficient (Wildman–Crippen LogP) is 2.90. The van der Waals surface area contributed by atoms with Gasteiger partial charge in [0.2, 0.25) is 0 Å². The Morgan fingerprint density at radius 2 is 1.90 bits per heavy atom. The Morgan fingerprint density at radius 3 is 2.50 bits per heavy atom. The highest BCUT2D eigenvalue weighted by atomic mass is 32.1. The van der Waals surface area contributed by atoms with Crippen molar-refractivity contribution < 1.29 is 19.7 Å². The molecule has 0 aliphatic carbocycles. The highest BCUT2D eigenvalue weighted by molar-refractivity contribution is 7.14. The molecule has 0 fully saturated rings. The Morgan fingerprint density at radius 1 is 1.20 bits per heavy atom. The second kappa shape index (κ2) is 6.65. The molecule has 1 aromatic carbocycles. The Kier molecular flexibility index (Phi) is 4.89. The lowest BCUT2D eigenvalue weighted by Gasteiger charge is -2.07. The van der Waals surface area contributed by atoms with Crippen molar-refractivity contribution in [2.45, 2.75) is 26.2 Å². The summed E-state index contributed by atoms with van der Waals surface area (Å²) >= 11 is 1.44. The first kappa shape index (κ1) is 14.7. The molecule has 4 nitrogen and oxygen atoms in total. The maximum absolute atomic E-state index is 11.5. The van der Waals surface area contributed by atoms with Gasteiger partial charge in [0.15, 0.2) is 12.1 Å². The lowest BCUT2D eigenvalue weighted by atomic mass is 10.2. The fourth-order valence-electron chi connectivity index (χ4n) is 1.67. The molecule has 0 spiro atoms. The van der Waals surface area contributed by atoms with Crippen LogP contribution in [-0.4, -0.2) is 16.0 Å². The van der Waals surface area contributed by atoms with E-state index < -0.39 is 6.29 Å². The number of hydrogen-bond acceptors (Lipinski definition) is 5. The number of carbonyl (C=O) groups is 1. The lowest BCUT2D eigenvalue weighted by Crippen LogP contribution is -1.96.